The van der Waals surface area contributed by atoms with Crippen molar-refractivity contribution in [2.45, 2.75) is 6.92 Å². The third-order valence-electron chi connectivity index (χ3n) is 2.09. The minimum atomic E-state index is -0.352. The van der Waals surface area contributed by atoms with Crippen LogP contribution < -0.4 is 0 Å². The highest BCUT2D eigenvalue weighted by molar-refractivity contribution is 5.73. The van der Waals surface area contributed by atoms with E-state index in [4.69, 9.17) is 0 Å². The Hall–Kier alpha value is -2.04. The SMILES string of the molecule is Cc1c(C=O)nnn1-c1cccc(F)c1. The first-order chi connectivity index (χ1) is 7.22. The van der Waals surface area contributed by atoms with Crippen molar-refractivity contribution in [3.63, 3.8) is 0 Å². The highest BCUT2D eigenvalue weighted by Gasteiger charge is 2.08. The molecule has 0 aliphatic heterocycles. The summed E-state index contributed by atoms with van der Waals surface area (Å²) in [6.07, 6.45) is 0.623. The van der Waals surface area contributed by atoms with Gasteiger partial charge in [-0.1, -0.05) is 11.3 Å². The molecule has 0 saturated carbocycles. The Bertz CT molecular complexity index is 507. The molecule has 0 aliphatic rings. The third kappa shape index (κ3) is 1.63. The van der Waals surface area contributed by atoms with Crippen LogP contribution in [0.15, 0.2) is 24.3 Å². The number of rotatable bonds is 2. The molecule has 1 heterocycles. The molecule has 0 radical (unpaired) electrons. The number of carbonyl (C=O) groups excluding carboxylic acids is 1. The number of hydrogen-bond donors (Lipinski definition) is 0. The van der Waals surface area contributed by atoms with Crippen molar-refractivity contribution in [2.75, 3.05) is 0 Å². The summed E-state index contributed by atoms with van der Waals surface area (Å²) in [5, 5.41) is 7.43. The lowest BCUT2D eigenvalue weighted by Gasteiger charge is -2.02. The molecule has 0 bridgehead atoms. The average Bonchev–Trinajstić information content (AvgIpc) is 2.59. The molecule has 1 aromatic heterocycles. The molecule has 2 aromatic rings. The Kier molecular flexibility index (Phi) is 2.29. The summed E-state index contributed by atoms with van der Waals surface area (Å²) in [5.74, 6) is -0.352. The van der Waals surface area contributed by atoms with Crippen LogP contribution in [0, 0.1) is 12.7 Å². The van der Waals surface area contributed by atoms with E-state index in [9.17, 15) is 9.18 Å². The van der Waals surface area contributed by atoms with Crippen molar-refractivity contribution in [2.24, 2.45) is 0 Å². The second-order valence-electron chi connectivity index (χ2n) is 3.07. The number of halogens is 1. The van der Waals surface area contributed by atoms with Crippen molar-refractivity contribution in [3.05, 3.63) is 41.5 Å². The molecule has 0 saturated heterocycles. The van der Waals surface area contributed by atoms with E-state index in [1.54, 1.807) is 19.1 Å². The number of carbonyl (C=O) groups is 1. The molecule has 0 spiro atoms. The average molecular weight is 205 g/mol. The van der Waals surface area contributed by atoms with Gasteiger partial charge in [0.1, 0.15) is 11.5 Å². The largest absolute Gasteiger partial charge is 0.296 e. The molecule has 0 amide bonds. The molecular formula is C10H8FN3O. The minimum Gasteiger partial charge on any atom is -0.296 e. The minimum absolute atomic E-state index is 0.263. The Labute approximate surface area is 85.3 Å². The second kappa shape index (κ2) is 3.61. The summed E-state index contributed by atoms with van der Waals surface area (Å²) in [5.41, 5.74) is 1.41. The maximum atomic E-state index is 12.9. The Morgan fingerprint density at radius 2 is 2.27 bits per heavy atom. The van der Waals surface area contributed by atoms with Crippen molar-refractivity contribution in [1.82, 2.24) is 15.0 Å². The highest BCUT2D eigenvalue weighted by Crippen LogP contribution is 2.12. The standard InChI is InChI=1S/C10H8FN3O/c1-7-10(6-15)12-13-14(7)9-4-2-3-8(11)5-9/h2-6H,1H3. The summed E-state index contributed by atoms with van der Waals surface area (Å²) in [4.78, 5) is 10.5. The first-order valence-electron chi connectivity index (χ1n) is 4.36. The first-order valence-corrected chi connectivity index (χ1v) is 4.36. The van der Waals surface area contributed by atoms with Crippen LogP contribution in [0.5, 0.6) is 0 Å². The van der Waals surface area contributed by atoms with Crippen LogP contribution in [0.4, 0.5) is 4.39 Å². The molecule has 0 N–H and O–H groups in total. The van der Waals surface area contributed by atoms with Gasteiger partial charge in [-0.15, -0.1) is 5.10 Å². The molecule has 0 unspecified atom stereocenters. The van der Waals surface area contributed by atoms with Gasteiger partial charge in [-0.05, 0) is 25.1 Å². The fourth-order valence-corrected chi connectivity index (χ4v) is 1.30. The Morgan fingerprint density at radius 1 is 1.47 bits per heavy atom. The van der Waals surface area contributed by atoms with Gasteiger partial charge in [-0.2, -0.15) is 0 Å². The monoisotopic (exact) mass is 205 g/mol. The van der Waals surface area contributed by atoms with E-state index in [-0.39, 0.29) is 11.5 Å². The van der Waals surface area contributed by atoms with Crippen LogP contribution in [-0.4, -0.2) is 21.3 Å². The molecule has 0 aliphatic carbocycles. The maximum Gasteiger partial charge on any atom is 0.172 e. The predicted molar refractivity (Wildman–Crippen MR) is 51.4 cm³/mol. The van der Waals surface area contributed by atoms with E-state index in [1.165, 1.54) is 16.8 Å². The van der Waals surface area contributed by atoms with Crippen molar-refractivity contribution < 1.29 is 9.18 Å². The lowest BCUT2D eigenvalue weighted by atomic mass is 10.3. The van der Waals surface area contributed by atoms with Gasteiger partial charge in [-0.3, -0.25) is 4.79 Å². The van der Waals surface area contributed by atoms with Gasteiger partial charge in [0.15, 0.2) is 6.29 Å². The van der Waals surface area contributed by atoms with E-state index in [1.807, 2.05) is 0 Å². The van der Waals surface area contributed by atoms with Gasteiger partial charge in [0.2, 0.25) is 0 Å². The van der Waals surface area contributed by atoms with E-state index < -0.39 is 0 Å². The number of hydrogen-bond acceptors (Lipinski definition) is 3. The topological polar surface area (TPSA) is 47.8 Å². The third-order valence-corrected chi connectivity index (χ3v) is 2.09. The van der Waals surface area contributed by atoms with Crippen molar-refractivity contribution >= 4 is 6.29 Å². The summed E-state index contributed by atoms with van der Waals surface area (Å²) >= 11 is 0. The number of benzene rings is 1. The molecule has 1 aromatic carbocycles. The van der Waals surface area contributed by atoms with Crippen molar-refractivity contribution in [3.8, 4) is 5.69 Å². The molecule has 2 rings (SSSR count). The molecule has 15 heavy (non-hydrogen) atoms. The lowest BCUT2D eigenvalue weighted by Crippen LogP contribution is -1.99. The second-order valence-corrected chi connectivity index (χ2v) is 3.07. The molecule has 0 atom stereocenters. The fraction of sp³-hybridized carbons (Fsp3) is 0.100. The van der Waals surface area contributed by atoms with Crippen LogP contribution in [0.3, 0.4) is 0 Å². The summed E-state index contributed by atoms with van der Waals surface area (Å²) in [6.45, 7) is 1.70. The summed E-state index contributed by atoms with van der Waals surface area (Å²) < 4.78 is 14.4. The number of aldehydes is 1. The lowest BCUT2D eigenvalue weighted by molar-refractivity contribution is 0.111. The normalized spacial score (nSPS) is 10.3. The Balaban J connectivity index is 2.54. The molecular weight excluding hydrogens is 197 g/mol. The first kappa shape index (κ1) is 9.51. The van der Waals surface area contributed by atoms with Gasteiger partial charge in [0.25, 0.3) is 0 Å². The highest BCUT2D eigenvalue weighted by atomic mass is 19.1. The van der Waals surface area contributed by atoms with E-state index in [0.29, 0.717) is 17.7 Å². The van der Waals surface area contributed by atoms with Gasteiger partial charge in [0.05, 0.1) is 11.4 Å². The number of aromatic nitrogens is 3. The van der Waals surface area contributed by atoms with Gasteiger partial charge < -0.3 is 0 Å². The molecule has 76 valence electrons. The quantitative estimate of drug-likeness (QED) is 0.698. The van der Waals surface area contributed by atoms with E-state index >= 15 is 0 Å². The van der Waals surface area contributed by atoms with Gasteiger partial charge in [-0.25, -0.2) is 9.07 Å². The predicted octanol–water partition coefficient (Wildman–Crippen LogP) is 1.53. The van der Waals surface area contributed by atoms with Crippen molar-refractivity contribution in [1.29, 1.82) is 0 Å². The Morgan fingerprint density at radius 3 is 2.87 bits per heavy atom. The van der Waals surface area contributed by atoms with Crippen LogP contribution in [0.25, 0.3) is 5.69 Å². The molecule has 0 fully saturated rings. The summed E-state index contributed by atoms with van der Waals surface area (Å²) in [6, 6.07) is 5.94. The molecule has 4 nitrogen and oxygen atoms in total. The van der Waals surface area contributed by atoms with Gasteiger partial charge >= 0.3 is 0 Å². The zero-order valence-electron chi connectivity index (χ0n) is 8.01. The van der Waals surface area contributed by atoms with Crippen LogP contribution >= 0.6 is 0 Å². The van der Waals surface area contributed by atoms with E-state index in [0.717, 1.165) is 0 Å². The van der Waals surface area contributed by atoms with Gasteiger partial charge in [0, 0.05) is 0 Å². The summed E-state index contributed by atoms with van der Waals surface area (Å²) in [7, 11) is 0. The van der Waals surface area contributed by atoms with E-state index in [2.05, 4.69) is 10.3 Å². The van der Waals surface area contributed by atoms with Crippen LogP contribution in [-0.2, 0) is 0 Å². The van der Waals surface area contributed by atoms with Crippen LogP contribution in [0.2, 0.25) is 0 Å². The molecule has 5 heteroatoms. The fourth-order valence-electron chi connectivity index (χ4n) is 1.30. The zero-order chi connectivity index (χ0) is 10.8. The zero-order valence-corrected chi connectivity index (χ0v) is 8.01. The van der Waals surface area contributed by atoms with Crippen LogP contribution in [0.1, 0.15) is 16.2 Å². The number of nitrogens with zero attached hydrogens (tertiary/aromatic N) is 3. The maximum absolute atomic E-state index is 12.9. The smallest absolute Gasteiger partial charge is 0.172 e.